The number of hydrogen-bond acceptors (Lipinski definition) is 2. The summed E-state index contributed by atoms with van der Waals surface area (Å²) in [4.78, 5) is 10.9. The highest BCUT2D eigenvalue weighted by Gasteiger charge is 1.99. The van der Waals surface area contributed by atoms with E-state index in [0.717, 1.165) is 17.9 Å². The molecule has 0 amide bonds. The molecule has 60 valence electrons. The van der Waals surface area contributed by atoms with Gasteiger partial charge < -0.3 is 10.3 Å². The third kappa shape index (κ3) is 1.80. The normalized spacial score (nSPS) is 10.7. The van der Waals surface area contributed by atoms with Crippen LogP contribution in [0.3, 0.4) is 0 Å². The molecular formula is C7H12N4. The molecule has 0 bridgehead atoms. The van der Waals surface area contributed by atoms with Crippen molar-refractivity contribution in [2.75, 3.05) is 12.4 Å². The average molecular weight is 152 g/mol. The fourth-order valence-corrected chi connectivity index (χ4v) is 0.841. The van der Waals surface area contributed by atoms with Gasteiger partial charge in [0.15, 0.2) is 5.82 Å². The summed E-state index contributed by atoms with van der Waals surface area (Å²) in [7, 11) is 1.71. The Bertz CT molecular complexity index is 238. The Kier molecular flexibility index (Phi) is 2.66. The number of H-pyrrole nitrogens is 1. The maximum atomic E-state index is 4.07. The Morgan fingerprint density at radius 2 is 2.64 bits per heavy atom. The summed E-state index contributed by atoms with van der Waals surface area (Å²) in [5.74, 6) is 0.859. The van der Waals surface area contributed by atoms with Crippen LogP contribution in [0.2, 0.25) is 0 Å². The van der Waals surface area contributed by atoms with Crippen molar-refractivity contribution in [2.24, 2.45) is 4.99 Å². The van der Waals surface area contributed by atoms with Crippen molar-refractivity contribution in [1.29, 1.82) is 0 Å². The molecule has 0 aliphatic carbocycles. The van der Waals surface area contributed by atoms with Crippen molar-refractivity contribution in [3.8, 4) is 0 Å². The lowest BCUT2D eigenvalue weighted by Crippen LogP contribution is -1.97. The molecule has 1 aromatic heterocycles. The van der Waals surface area contributed by atoms with Gasteiger partial charge in [-0.15, -0.1) is 0 Å². The molecule has 0 fully saturated rings. The van der Waals surface area contributed by atoms with Crippen molar-refractivity contribution < 1.29 is 0 Å². The van der Waals surface area contributed by atoms with Crippen LogP contribution in [0.15, 0.2) is 11.3 Å². The number of anilines is 1. The number of nitrogens with one attached hydrogen (secondary N) is 2. The zero-order chi connectivity index (χ0) is 8.10. The topological polar surface area (TPSA) is 53.1 Å². The van der Waals surface area contributed by atoms with E-state index in [0.29, 0.717) is 0 Å². The maximum absolute atomic E-state index is 4.07. The molecular weight excluding hydrogens is 140 g/mol. The molecule has 0 aliphatic rings. The number of aromatic amines is 1. The van der Waals surface area contributed by atoms with Crippen LogP contribution in [-0.2, 0) is 6.42 Å². The smallest absolute Gasteiger partial charge is 0.152 e. The van der Waals surface area contributed by atoms with Crippen LogP contribution >= 0.6 is 0 Å². The van der Waals surface area contributed by atoms with E-state index in [1.165, 1.54) is 0 Å². The molecule has 0 spiro atoms. The molecule has 4 heteroatoms. The molecule has 0 saturated carbocycles. The van der Waals surface area contributed by atoms with Crippen LogP contribution in [0, 0.1) is 0 Å². The van der Waals surface area contributed by atoms with Crippen LogP contribution < -0.4 is 5.32 Å². The molecule has 0 saturated heterocycles. The zero-order valence-corrected chi connectivity index (χ0v) is 6.76. The Labute approximate surface area is 65.8 Å². The highest BCUT2D eigenvalue weighted by atomic mass is 15.1. The van der Waals surface area contributed by atoms with Crippen LogP contribution in [0.5, 0.6) is 0 Å². The molecule has 0 radical (unpaired) electrons. The quantitative estimate of drug-likeness (QED) is 0.502. The van der Waals surface area contributed by atoms with Gasteiger partial charge in [-0.1, -0.05) is 6.92 Å². The number of aryl methyl sites for hydroxylation is 1. The molecule has 1 rings (SSSR count). The maximum Gasteiger partial charge on any atom is 0.152 e. The van der Waals surface area contributed by atoms with E-state index in [1.807, 2.05) is 0 Å². The summed E-state index contributed by atoms with van der Waals surface area (Å²) in [6.07, 6.45) is 4.24. The first-order valence-corrected chi connectivity index (χ1v) is 3.58. The first kappa shape index (κ1) is 7.78. The molecule has 11 heavy (non-hydrogen) atoms. The predicted octanol–water partition coefficient (Wildman–Crippen LogP) is 1.04. The van der Waals surface area contributed by atoms with Gasteiger partial charge in [0, 0.05) is 7.05 Å². The van der Waals surface area contributed by atoms with Crippen LogP contribution in [0.25, 0.3) is 0 Å². The van der Waals surface area contributed by atoms with Gasteiger partial charge in [-0.2, -0.15) is 0 Å². The molecule has 1 heterocycles. The molecule has 0 aromatic carbocycles. The van der Waals surface area contributed by atoms with E-state index < -0.39 is 0 Å². The summed E-state index contributed by atoms with van der Waals surface area (Å²) in [6, 6.07) is 0. The lowest BCUT2D eigenvalue weighted by molar-refractivity contribution is 1.07. The first-order valence-electron chi connectivity index (χ1n) is 3.58. The fourth-order valence-electron chi connectivity index (χ4n) is 0.841. The summed E-state index contributed by atoms with van der Waals surface area (Å²) >= 11 is 0. The number of aliphatic imine (C=N–C) groups is 1. The second kappa shape index (κ2) is 3.75. The van der Waals surface area contributed by atoms with Crippen LogP contribution in [0.1, 0.15) is 12.6 Å². The van der Waals surface area contributed by atoms with Gasteiger partial charge in [-0.3, -0.25) is 4.99 Å². The predicted molar refractivity (Wildman–Crippen MR) is 46.0 cm³/mol. The van der Waals surface area contributed by atoms with Gasteiger partial charge in [0.05, 0.1) is 18.4 Å². The zero-order valence-electron chi connectivity index (χ0n) is 6.76. The summed E-state index contributed by atoms with van der Waals surface area (Å²) in [5.41, 5.74) is 1.10. The standard InChI is InChI=1S/C7H12N4/c1-3-6-7(10-4-8-2)11-5-9-6/h4-5H,3H2,1-2H3,(H,8,10)(H,9,11). The van der Waals surface area contributed by atoms with E-state index in [2.05, 4.69) is 27.2 Å². The lowest BCUT2D eigenvalue weighted by Gasteiger charge is -1.96. The van der Waals surface area contributed by atoms with Crippen molar-refractivity contribution in [3.63, 3.8) is 0 Å². The second-order valence-electron chi connectivity index (χ2n) is 2.11. The first-order chi connectivity index (χ1) is 5.38. The summed E-state index contributed by atoms with van der Waals surface area (Å²) in [5, 5.41) is 2.96. The van der Waals surface area contributed by atoms with E-state index in [9.17, 15) is 0 Å². The molecule has 0 unspecified atom stereocenters. The van der Waals surface area contributed by atoms with Gasteiger partial charge >= 0.3 is 0 Å². The average Bonchev–Trinajstić information content (AvgIpc) is 2.47. The molecule has 4 nitrogen and oxygen atoms in total. The van der Waals surface area contributed by atoms with Crippen molar-refractivity contribution in [2.45, 2.75) is 13.3 Å². The van der Waals surface area contributed by atoms with Crippen molar-refractivity contribution in [3.05, 3.63) is 12.0 Å². The van der Waals surface area contributed by atoms with Gasteiger partial charge in [0.25, 0.3) is 0 Å². The Hall–Kier alpha value is -1.32. The third-order valence-corrected chi connectivity index (χ3v) is 1.40. The molecule has 1 aromatic rings. The minimum Gasteiger partial charge on any atom is -0.347 e. The SMILES string of the molecule is CCc1[nH]cnc1NC=NC. The number of aromatic nitrogens is 2. The highest BCUT2D eigenvalue weighted by Crippen LogP contribution is 2.07. The van der Waals surface area contributed by atoms with Crippen molar-refractivity contribution >= 4 is 12.2 Å². The second-order valence-corrected chi connectivity index (χ2v) is 2.11. The highest BCUT2D eigenvalue weighted by molar-refractivity contribution is 5.74. The van der Waals surface area contributed by atoms with Crippen molar-refractivity contribution in [1.82, 2.24) is 9.97 Å². The van der Waals surface area contributed by atoms with E-state index in [1.54, 1.807) is 19.7 Å². The van der Waals surface area contributed by atoms with Gasteiger partial charge in [-0.05, 0) is 6.42 Å². The monoisotopic (exact) mass is 152 g/mol. The van der Waals surface area contributed by atoms with Gasteiger partial charge in [0.1, 0.15) is 0 Å². The number of nitrogens with zero attached hydrogens (tertiary/aromatic N) is 2. The van der Waals surface area contributed by atoms with Crippen LogP contribution in [0.4, 0.5) is 5.82 Å². The third-order valence-electron chi connectivity index (χ3n) is 1.40. The lowest BCUT2D eigenvalue weighted by atomic mass is 10.3. The van der Waals surface area contributed by atoms with Crippen LogP contribution in [-0.4, -0.2) is 23.4 Å². The Morgan fingerprint density at radius 1 is 1.82 bits per heavy atom. The molecule has 0 aliphatic heterocycles. The van der Waals surface area contributed by atoms with E-state index in [-0.39, 0.29) is 0 Å². The van der Waals surface area contributed by atoms with Gasteiger partial charge in [0.2, 0.25) is 0 Å². The number of rotatable bonds is 3. The molecule has 0 atom stereocenters. The summed E-state index contributed by atoms with van der Waals surface area (Å²) < 4.78 is 0. The van der Waals surface area contributed by atoms with Gasteiger partial charge in [-0.25, -0.2) is 4.98 Å². The van der Waals surface area contributed by atoms with E-state index >= 15 is 0 Å². The van der Waals surface area contributed by atoms with E-state index in [4.69, 9.17) is 0 Å². The minimum absolute atomic E-state index is 0.859. The molecule has 2 N–H and O–H groups in total. The fraction of sp³-hybridized carbons (Fsp3) is 0.429. The number of imidazole rings is 1. The largest absolute Gasteiger partial charge is 0.347 e. The Morgan fingerprint density at radius 3 is 3.27 bits per heavy atom. The summed E-state index contributed by atoms with van der Waals surface area (Å²) in [6.45, 7) is 2.07. The number of hydrogen-bond donors (Lipinski definition) is 2. The minimum atomic E-state index is 0.859. The Balaban J connectivity index is 2.68.